The average Bonchev–Trinajstić information content (AvgIpc) is 2.47. The summed E-state index contributed by atoms with van der Waals surface area (Å²) in [6, 6.07) is 13.3. The second kappa shape index (κ2) is 7.02. The molecule has 0 saturated carbocycles. The first-order valence-electron chi connectivity index (χ1n) is 6.69. The molecule has 0 spiro atoms. The first-order valence-corrected chi connectivity index (χ1v) is 7.48. The van der Waals surface area contributed by atoms with Gasteiger partial charge in [-0.05, 0) is 30.2 Å². The third kappa shape index (κ3) is 4.64. The number of amides is 1. The molecule has 0 fully saturated rings. The summed E-state index contributed by atoms with van der Waals surface area (Å²) in [6.07, 6.45) is 0.593. The van der Waals surface area contributed by atoms with E-state index >= 15 is 0 Å². The summed E-state index contributed by atoms with van der Waals surface area (Å²) in [6.45, 7) is 0.452. The van der Waals surface area contributed by atoms with Gasteiger partial charge in [-0.2, -0.15) is 0 Å². The number of hydrogen-bond donors (Lipinski definition) is 2. The summed E-state index contributed by atoms with van der Waals surface area (Å²) in [5.41, 5.74) is 6.43. The van der Waals surface area contributed by atoms with Crippen LogP contribution in [-0.2, 0) is 12.3 Å². The average molecular weight is 363 g/mol. The highest BCUT2D eigenvalue weighted by molar-refractivity contribution is 9.10. The minimum atomic E-state index is -2.83. The van der Waals surface area contributed by atoms with Crippen molar-refractivity contribution in [3.05, 3.63) is 69.7 Å². The van der Waals surface area contributed by atoms with Gasteiger partial charge in [-0.1, -0.05) is 51.8 Å². The monoisotopic (exact) mass is 362 g/mol. The molecule has 0 unspecified atom stereocenters. The van der Waals surface area contributed by atoms with E-state index in [1.807, 2.05) is 6.07 Å². The number of halogens is 1. The third-order valence-corrected chi connectivity index (χ3v) is 3.64. The predicted molar refractivity (Wildman–Crippen MR) is 82.5 cm³/mol. The van der Waals surface area contributed by atoms with E-state index in [-0.39, 0.29) is 11.5 Å². The van der Waals surface area contributed by atoms with Crippen LogP contribution in [-0.4, -0.2) is 12.5 Å². The molecule has 2 rings (SSSR count). The van der Waals surface area contributed by atoms with E-state index in [1.54, 1.807) is 30.3 Å². The summed E-state index contributed by atoms with van der Waals surface area (Å²) < 4.78 is 0.844. The van der Waals surface area contributed by atoms with Crippen molar-refractivity contribution in [1.29, 1.82) is 0 Å². The van der Waals surface area contributed by atoms with Gasteiger partial charge in [0.25, 0.3) is 5.91 Å². The van der Waals surface area contributed by atoms with Gasteiger partial charge in [0.1, 0.15) is 0 Å². The van der Waals surface area contributed by atoms with Crippen molar-refractivity contribution < 1.29 is 15.0 Å². The Kier molecular flexibility index (Phi) is 5.31. The highest BCUT2D eigenvalue weighted by atomic mass is 79.9. The van der Waals surface area contributed by atoms with Gasteiger partial charge in [0.05, 0.1) is 0 Å². The molecule has 0 heterocycles. The highest BCUT2D eigenvalue weighted by Crippen LogP contribution is 2.12. The van der Waals surface area contributed by atoms with Gasteiger partial charge in [-0.3, -0.25) is 4.79 Å². The number of carbonyl (C=O) groups is 1. The van der Waals surface area contributed by atoms with E-state index in [9.17, 15) is 15.0 Å². The van der Waals surface area contributed by atoms with Crippen molar-refractivity contribution in [2.24, 2.45) is 5.73 Å². The lowest BCUT2D eigenvalue weighted by Gasteiger charge is -2.44. The molecule has 116 valence electrons. The fourth-order valence-electron chi connectivity index (χ4n) is 1.96. The van der Waals surface area contributed by atoms with Crippen LogP contribution in [0.3, 0.4) is 0 Å². The SMILES string of the molecule is NC([O-])([O-])c1ccc(CCNC(=O)c2cccc(Br)c2)cc1. The van der Waals surface area contributed by atoms with Crippen molar-refractivity contribution >= 4 is 21.8 Å². The number of nitrogens with two attached hydrogens (primary N) is 1. The van der Waals surface area contributed by atoms with E-state index in [0.29, 0.717) is 18.5 Å². The largest absolute Gasteiger partial charge is 0.848 e. The van der Waals surface area contributed by atoms with Crippen LogP contribution in [0.4, 0.5) is 0 Å². The second-order valence-electron chi connectivity index (χ2n) is 4.88. The molecule has 0 aromatic heterocycles. The summed E-state index contributed by atoms with van der Waals surface area (Å²) in [5, 5.41) is 24.9. The summed E-state index contributed by atoms with van der Waals surface area (Å²) in [4.78, 5) is 11.9. The fourth-order valence-corrected chi connectivity index (χ4v) is 2.36. The Morgan fingerprint density at radius 2 is 1.86 bits per heavy atom. The minimum absolute atomic E-state index is 0.00517. The molecule has 5 nitrogen and oxygen atoms in total. The molecule has 0 atom stereocenters. The smallest absolute Gasteiger partial charge is 0.251 e. The van der Waals surface area contributed by atoms with Gasteiger partial charge in [0.15, 0.2) is 0 Å². The number of hydrogen-bond acceptors (Lipinski definition) is 4. The van der Waals surface area contributed by atoms with Crippen molar-refractivity contribution in [2.75, 3.05) is 6.54 Å². The van der Waals surface area contributed by atoms with E-state index in [4.69, 9.17) is 5.73 Å². The Morgan fingerprint density at radius 3 is 2.45 bits per heavy atom. The van der Waals surface area contributed by atoms with Crippen LogP contribution in [0.15, 0.2) is 53.0 Å². The van der Waals surface area contributed by atoms with Gasteiger partial charge in [-0.15, -0.1) is 5.91 Å². The Labute approximate surface area is 136 Å². The zero-order valence-electron chi connectivity index (χ0n) is 11.7. The Balaban J connectivity index is 1.87. The second-order valence-corrected chi connectivity index (χ2v) is 5.80. The van der Waals surface area contributed by atoms with Crippen molar-refractivity contribution in [3.63, 3.8) is 0 Å². The lowest BCUT2D eigenvalue weighted by Crippen LogP contribution is -2.60. The molecule has 0 aliphatic carbocycles. The maximum absolute atomic E-state index is 11.9. The van der Waals surface area contributed by atoms with Crippen molar-refractivity contribution in [3.8, 4) is 0 Å². The van der Waals surface area contributed by atoms with Gasteiger partial charge < -0.3 is 21.3 Å². The molecule has 6 heteroatoms. The zero-order chi connectivity index (χ0) is 16.2. The molecule has 22 heavy (non-hydrogen) atoms. The topological polar surface area (TPSA) is 101 Å². The van der Waals surface area contributed by atoms with Gasteiger partial charge >= 0.3 is 0 Å². The lowest BCUT2D eigenvalue weighted by atomic mass is 10.1. The molecule has 0 aliphatic rings. The van der Waals surface area contributed by atoms with Crippen LogP contribution < -0.4 is 21.3 Å². The normalized spacial score (nSPS) is 11.3. The summed E-state index contributed by atoms with van der Waals surface area (Å²) in [7, 11) is 0. The molecule has 0 radical (unpaired) electrons. The maximum atomic E-state index is 11.9. The van der Waals surface area contributed by atoms with Crippen LogP contribution in [0.5, 0.6) is 0 Å². The molecule has 1 amide bonds. The van der Waals surface area contributed by atoms with E-state index < -0.39 is 5.91 Å². The van der Waals surface area contributed by atoms with Gasteiger partial charge in [-0.25, -0.2) is 0 Å². The molecule has 2 aromatic rings. The third-order valence-electron chi connectivity index (χ3n) is 3.14. The van der Waals surface area contributed by atoms with Gasteiger partial charge in [0, 0.05) is 16.6 Å². The Hall–Kier alpha value is -1.73. The van der Waals surface area contributed by atoms with E-state index in [1.165, 1.54) is 12.1 Å². The van der Waals surface area contributed by atoms with Crippen LogP contribution >= 0.6 is 15.9 Å². The molecule has 0 saturated heterocycles. The highest BCUT2D eigenvalue weighted by Gasteiger charge is 2.05. The van der Waals surface area contributed by atoms with Crippen molar-refractivity contribution in [2.45, 2.75) is 12.3 Å². The molecule has 0 aliphatic heterocycles. The Morgan fingerprint density at radius 1 is 1.18 bits per heavy atom. The van der Waals surface area contributed by atoms with Crippen molar-refractivity contribution in [1.82, 2.24) is 5.32 Å². The van der Waals surface area contributed by atoms with E-state index in [0.717, 1.165) is 10.0 Å². The number of benzene rings is 2. The number of nitrogens with one attached hydrogen (secondary N) is 1. The van der Waals surface area contributed by atoms with E-state index in [2.05, 4.69) is 21.2 Å². The number of carbonyl (C=O) groups excluding carboxylic acids is 1. The molecule has 2 aromatic carbocycles. The molecule has 3 N–H and O–H groups in total. The maximum Gasteiger partial charge on any atom is 0.251 e. The summed E-state index contributed by atoms with van der Waals surface area (Å²) >= 11 is 3.32. The predicted octanol–water partition coefficient (Wildman–Crippen LogP) is 0.211. The first kappa shape index (κ1) is 16.6. The lowest BCUT2D eigenvalue weighted by molar-refractivity contribution is -0.734. The van der Waals surface area contributed by atoms with Crippen LogP contribution in [0, 0.1) is 0 Å². The quantitative estimate of drug-likeness (QED) is 0.742. The van der Waals surface area contributed by atoms with Crippen LogP contribution in [0.25, 0.3) is 0 Å². The van der Waals surface area contributed by atoms with Crippen LogP contribution in [0.2, 0.25) is 0 Å². The number of rotatable bonds is 5. The Bertz CT molecular complexity index is 651. The van der Waals surface area contributed by atoms with Gasteiger partial charge in [0.2, 0.25) is 0 Å². The summed E-state index contributed by atoms with van der Waals surface area (Å²) in [5.74, 6) is -2.98. The minimum Gasteiger partial charge on any atom is -0.848 e. The standard InChI is InChI=1S/C16H15BrN2O3/c17-14-3-1-2-12(10-14)15(20)19-9-8-11-4-6-13(7-5-11)16(18,21)22/h1-7,10H,8-9,18H2,(H,19,20)/q-2. The van der Waals surface area contributed by atoms with Crippen LogP contribution in [0.1, 0.15) is 21.5 Å². The fraction of sp³-hybridized carbons (Fsp3) is 0.188. The first-order chi connectivity index (χ1) is 10.4. The zero-order valence-corrected chi connectivity index (χ0v) is 13.3. The molecular weight excluding hydrogens is 348 g/mol. The molecular formula is C16H15BrN2O3-2. The molecule has 0 bridgehead atoms.